The molecule has 0 fully saturated rings. The van der Waals surface area contributed by atoms with Crippen molar-refractivity contribution in [2.24, 2.45) is 0 Å². The molecule has 0 aliphatic heterocycles. The van der Waals surface area contributed by atoms with Crippen LogP contribution in [0.2, 0.25) is 0 Å². The SMILES string of the molecule is CCC.Cc1ccc(C#N)c(Cc2ccc(OC#N)cc2)c1.Cc1ccc(N)cc1. The van der Waals surface area contributed by atoms with Crippen LogP contribution >= 0.6 is 0 Å². The Hall–Kier alpha value is -3.76. The average Bonchev–Trinajstić information content (AvgIpc) is 2.73. The number of nitrogens with two attached hydrogens (primary N) is 1. The topological polar surface area (TPSA) is 82.8 Å². The summed E-state index contributed by atoms with van der Waals surface area (Å²) in [6.07, 6.45) is 3.58. The maximum absolute atomic E-state index is 9.10. The largest absolute Gasteiger partial charge is 0.399 e. The molecule has 0 atom stereocenters. The standard InChI is InChI=1S/C16H12N2O.C7H9N.C3H8/c1-12-2-5-14(10-17)15(8-12)9-13-3-6-16(7-4-13)19-11-18;1-6-2-4-7(8)5-3-6;1-3-2/h2-8H,9H2,1H3;2-5H,8H2,1H3;3H2,1-2H3. The predicted molar refractivity (Wildman–Crippen MR) is 123 cm³/mol. The van der Waals surface area contributed by atoms with Crippen LogP contribution in [0.15, 0.2) is 66.7 Å². The number of ether oxygens (including phenoxy) is 1. The smallest absolute Gasteiger partial charge is 0.292 e. The molecule has 3 aromatic rings. The van der Waals surface area contributed by atoms with Gasteiger partial charge in [0.05, 0.1) is 11.6 Å². The van der Waals surface area contributed by atoms with Crippen molar-refractivity contribution in [1.29, 1.82) is 10.5 Å². The van der Waals surface area contributed by atoms with Gasteiger partial charge in [-0.05, 0) is 61.7 Å². The Morgan fingerprint density at radius 1 is 0.833 bits per heavy atom. The van der Waals surface area contributed by atoms with Gasteiger partial charge in [0.15, 0.2) is 0 Å². The lowest BCUT2D eigenvalue weighted by Gasteiger charge is -2.06. The van der Waals surface area contributed by atoms with E-state index >= 15 is 0 Å². The summed E-state index contributed by atoms with van der Waals surface area (Å²) in [5, 5.41) is 17.5. The summed E-state index contributed by atoms with van der Waals surface area (Å²) < 4.78 is 4.73. The molecule has 0 aliphatic carbocycles. The van der Waals surface area contributed by atoms with E-state index in [1.165, 1.54) is 12.0 Å². The van der Waals surface area contributed by atoms with Crippen LogP contribution in [0.1, 0.15) is 48.1 Å². The normalized spacial score (nSPS) is 9.00. The molecular weight excluding hydrogens is 370 g/mol. The van der Waals surface area contributed by atoms with Crippen LogP contribution < -0.4 is 10.5 Å². The van der Waals surface area contributed by atoms with Crippen LogP contribution in [0.5, 0.6) is 5.75 Å². The molecule has 0 heterocycles. The van der Waals surface area contributed by atoms with E-state index in [2.05, 4.69) is 19.9 Å². The Bertz CT molecular complexity index is 958. The van der Waals surface area contributed by atoms with Crippen LogP contribution in [-0.4, -0.2) is 0 Å². The maximum atomic E-state index is 9.10. The summed E-state index contributed by atoms with van der Waals surface area (Å²) in [4.78, 5) is 0. The molecule has 0 saturated carbocycles. The van der Waals surface area contributed by atoms with Crippen molar-refractivity contribution in [2.75, 3.05) is 5.73 Å². The van der Waals surface area contributed by atoms with Crippen molar-refractivity contribution in [3.8, 4) is 18.1 Å². The second-order valence-corrected chi connectivity index (χ2v) is 6.90. The first-order chi connectivity index (χ1) is 14.4. The lowest BCUT2D eigenvalue weighted by Crippen LogP contribution is -1.93. The van der Waals surface area contributed by atoms with Gasteiger partial charge in [-0.3, -0.25) is 0 Å². The van der Waals surface area contributed by atoms with Gasteiger partial charge in [0.1, 0.15) is 5.75 Å². The van der Waals surface area contributed by atoms with E-state index in [-0.39, 0.29) is 0 Å². The molecule has 4 heteroatoms. The minimum atomic E-state index is 0.524. The third-order valence-electron chi connectivity index (χ3n) is 3.94. The molecular formula is C26H29N3O. The van der Waals surface area contributed by atoms with Crippen LogP contribution in [0.4, 0.5) is 5.69 Å². The molecule has 154 valence electrons. The average molecular weight is 400 g/mol. The highest BCUT2D eigenvalue weighted by Gasteiger charge is 2.04. The number of nitrogen functional groups attached to an aromatic ring is 1. The van der Waals surface area contributed by atoms with Crippen molar-refractivity contribution >= 4 is 5.69 Å². The first-order valence-electron chi connectivity index (χ1n) is 9.90. The van der Waals surface area contributed by atoms with Gasteiger partial charge >= 0.3 is 0 Å². The first-order valence-corrected chi connectivity index (χ1v) is 9.90. The Kier molecular flexibility index (Phi) is 10.9. The predicted octanol–water partition coefficient (Wildman–Crippen LogP) is 6.31. The highest BCUT2D eigenvalue weighted by molar-refractivity contribution is 5.43. The van der Waals surface area contributed by atoms with Crippen molar-refractivity contribution in [2.45, 2.75) is 40.5 Å². The second-order valence-electron chi connectivity index (χ2n) is 6.90. The molecule has 3 aromatic carbocycles. The molecule has 0 radical (unpaired) electrons. The summed E-state index contributed by atoms with van der Waals surface area (Å²) in [5.41, 5.74) is 11.4. The molecule has 4 nitrogen and oxygen atoms in total. The van der Waals surface area contributed by atoms with Crippen molar-refractivity contribution in [3.05, 3.63) is 94.5 Å². The Morgan fingerprint density at radius 2 is 1.40 bits per heavy atom. The number of nitriles is 2. The third kappa shape index (κ3) is 8.95. The summed E-state index contributed by atoms with van der Waals surface area (Å²) in [6, 6.07) is 23.1. The zero-order chi connectivity index (χ0) is 22.4. The Morgan fingerprint density at radius 3 is 1.90 bits per heavy atom. The molecule has 2 N–H and O–H groups in total. The Balaban J connectivity index is 0.000000338. The highest BCUT2D eigenvalue weighted by Crippen LogP contribution is 2.18. The number of nitrogens with zero attached hydrogens (tertiary/aromatic N) is 2. The van der Waals surface area contributed by atoms with E-state index < -0.39 is 0 Å². The zero-order valence-corrected chi connectivity index (χ0v) is 18.1. The van der Waals surface area contributed by atoms with Crippen LogP contribution in [0, 0.1) is 36.7 Å². The van der Waals surface area contributed by atoms with E-state index in [0.717, 1.165) is 22.4 Å². The lowest BCUT2D eigenvalue weighted by molar-refractivity contribution is 0.507. The molecule has 0 amide bonds. The van der Waals surface area contributed by atoms with Gasteiger partial charge in [-0.25, -0.2) is 0 Å². The van der Waals surface area contributed by atoms with Crippen molar-refractivity contribution < 1.29 is 4.74 Å². The van der Waals surface area contributed by atoms with Crippen molar-refractivity contribution in [1.82, 2.24) is 0 Å². The number of rotatable bonds is 3. The number of benzene rings is 3. The summed E-state index contributed by atoms with van der Waals surface area (Å²) >= 11 is 0. The molecule has 0 bridgehead atoms. The molecule has 30 heavy (non-hydrogen) atoms. The van der Waals surface area contributed by atoms with Crippen LogP contribution in [-0.2, 0) is 6.42 Å². The van der Waals surface area contributed by atoms with Gasteiger partial charge in [-0.1, -0.05) is 67.8 Å². The summed E-state index contributed by atoms with van der Waals surface area (Å²) in [7, 11) is 0. The molecule has 0 spiro atoms. The summed E-state index contributed by atoms with van der Waals surface area (Å²) in [5.74, 6) is 0.524. The number of anilines is 1. The monoisotopic (exact) mass is 399 g/mol. The van der Waals surface area contributed by atoms with Gasteiger partial charge in [0, 0.05) is 5.69 Å². The highest BCUT2D eigenvalue weighted by atomic mass is 16.5. The summed E-state index contributed by atoms with van der Waals surface area (Å²) in [6.45, 7) is 8.30. The number of aryl methyl sites for hydroxylation is 2. The molecule has 3 rings (SSSR count). The van der Waals surface area contributed by atoms with Gasteiger partial charge in [0.2, 0.25) is 0 Å². The van der Waals surface area contributed by atoms with Crippen LogP contribution in [0.25, 0.3) is 0 Å². The molecule has 0 unspecified atom stereocenters. The van der Waals surface area contributed by atoms with E-state index in [4.69, 9.17) is 21.0 Å². The van der Waals surface area contributed by atoms with Gasteiger partial charge in [-0.15, -0.1) is 5.26 Å². The molecule has 0 saturated heterocycles. The third-order valence-corrected chi connectivity index (χ3v) is 3.94. The second kappa shape index (κ2) is 13.4. The fourth-order valence-electron chi connectivity index (χ4n) is 2.49. The van der Waals surface area contributed by atoms with E-state index in [9.17, 15) is 0 Å². The van der Waals surface area contributed by atoms with Gasteiger partial charge < -0.3 is 10.5 Å². The Labute approximate surface area is 180 Å². The molecule has 0 aliphatic rings. The number of hydrogen-bond acceptors (Lipinski definition) is 4. The first kappa shape index (κ1) is 24.3. The fourth-order valence-corrected chi connectivity index (χ4v) is 2.49. The zero-order valence-electron chi connectivity index (χ0n) is 18.1. The van der Waals surface area contributed by atoms with Gasteiger partial charge in [0.25, 0.3) is 6.26 Å². The lowest BCUT2D eigenvalue weighted by atomic mass is 9.98. The maximum Gasteiger partial charge on any atom is 0.292 e. The van der Waals surface area contributed by atoms with Gasteiger partial charge in [-0.2, -0.15) is 5.26 Å². The minimum Gasteiger partial charge on any atom is -0.399 e. The number of hydrogen-bond donors (Lipinski definition) is 1. The minimum absolute atomic E-state index is 0.524. The van der Waals surface area contributed by atoms with Crippen LogP contribution in [0.3, 0.4) is 0 Å². The van der Waals surface area contributed by atoms with E-state index in [0.29, 0.717) is 17.7 Å². The van der Waals surface area contributed by atoms with Crippen molar-refractivity contribution in [3.63, 3.8) is 0 Å². The van der Waals surface area contributed by atoms with E-state index in [1.807, 2.05) is 68.4 Å². The quantitative estimate of drug-likeness (QED) is 0.413. The van der Waals surface area contributed by atoms with E-state index in [1.54, 1.807) is 18.4 Å². The fraction of sp³-hybridized carbons (Fsp3) is 0.231. The molecule has 0 aromatic heterocycles.